The second-order valence-electron chi connectivity index (χ2n) is 7.81. The summed E-state index contributed by atoms with van der Waals surface area (Å²) in [7, 11) is 0. The van der Waals surface area contributed by atoms with Crippen LogP contribution in [0.1, 0.15) is 129 Å². The number of allylic oxidation sites excluding steroid dienone is 3. The number of esters is 1. The average molecular weight is 379 g/mol. The Hall–Kier alpha value is -1.05. The maximum absolute atomic E-state index is 10.6. The predicted octanol–water partition coefficient (Wildman–Crippen LogP) is 8.66. The summed E-state index contributed by atoms with van der Waals surface area (Å²) >= 11 is 0. The van der Waals surface area contributed by atoms with Crippen molar-refractivity contribution in [3.05, 3.63) is 24.5 Å². The van der Waals surface area contributed by atoms with Gasteiger partial charge in [0.15, 0.2) is 0 Å². The Bertz CT molecular complexity index is 357. The summed E-state index contributed by atoms with van der Waals surface area (Å²) in [4.78, 5) is 10.6. The van der Waals surface area contributed by atoms with E-state index in [1.54, 1.807) is 6.08 Å². The van der Waals surface area contributed by atoms with Gasteiger partial charge < -0.3 is 4.74 Å². The topological polar surface area (TPSA) is 26.3 Å². The maximum atomic E-state index is 10.6. The van der Waals surface area contributed by atoms with E-state index in [0.29, 0.717) is 0 Å². The number of ether oxygens (including phenoxy) is 1. The van der Waals surface area contributed by atoms with Crippen LogP contribution >= 0.6 is 0 Å². The summed E-state index contributed by atoms with van der Waals surface area (Å²) in [5.74, 6) is -0.271. The van der Waals surface area contributed by atoms with Crippen molar-refractivity contribution in [2.45, 2.75) is 129 Å². The second kappa shape index (κ2) is 23.0. The molecule has 0 amide bonds. The van der Waals surface area contributed by atoms with Gasteiger partial charge in [-0.15, -0.1) is 0 Å². The van der Waals surface area contributed by atoms with Gasteiger partial charge in [0.25, 0.3) is 0 Å². The zero-order valence-electron chi connectivity index (χ0n) is 18.4. The zero-order chi connectivity index (χ0) is 19.8. The van der Waals surface area contributed by atoms with Gasteiger partial charge in [-0.2, -0.15) is 0 Å². The molecule has 0 aliphatic heterocycles. The van der Waals surface area contributed by atoms with E-state index in [0.717, 1.165) is 6.42 Å². The van der Waals surface area contributed by atoms with Crippen LogP contribution in [-0.4, -0.2) is 5.97 Å². The summed E-state index contributed by atoms with van der Waals surface area (Å²) in [5.41, 5.74) is 0. The third-order valence-electron chi connectivity index (χ3n) is 5.03. The van der Waals surface area contributed by atoms with E-state index in [-0.39, 0.29) is 5.97 Å². The van der Waals surface area contributed by atoms with Crippen LogP contribution in [0, 0.1) is 0 Å². The maximum Gasteiger partial charge on any atom is 0.307 e. The monoisotopic (exact) mass is 378 g/mol. The van der Waals surface area contributed by atoms with E-state index in [1.165, 1.54) is 122 Å². The molecule has 0 aromatic carbocycles. The molecule has 0 aliphatic carbocycles. The van der Waals surface area contributed by atoms with Crippen LogP contribution in [0.5, 0.6) is 0 Å². The van der Waals surface area contributed by atoms with Gasteiger partial charge in [0.05, 0.1) is 6.26 Å². The van der Waals surface area contributed by atoms with Gasteiger partial charge in [-0.05, 0) is 18.9 Å². The van der Waals surface area contributed by atoms with Crippen LogP contribution in [0.2, 0.25) is 0 Å². The highest BCUT2D eigenvalue weighted by molar-refractivity contribution is 5.66. The van der Waals surface area contributed by atoms with E-state index < -0.39 is 0 Å². The van der Waals surface area contributed by atoms with E-state index in [4.69, 9.17) is 4.74 Å². The number of carbonyl (C=O) groups excluding carboxylic acids is 1. The van der Waals surface area contributed by atoms with Crippen LogP contribution in [0.3, 0.4) is 0 Å². The molecule has 0 saturated carbocycles. The lowest BCUT2D eigenvalue weighted by Gasteiger charge is -2.03. The molecular weight excluding hydrogens is 332 g/mol. The molecule has 0 bridgehead atoms. The summed E-state index contributed by atoms with van der Waals surface area (Å²) < 4.78 is 4.71. The second-order valence-corrected chi connectivity index (χ2v) is 7.81. The number of unbranched alkanes of at least 4 members (excludes halogenated alkanes) is 17. The van der Waals surface area contributed by atoms with Crippen LogP contribution in [0.4, 0.5) is 0 Å². The first-order chi connectivity index (χ1) is 13.3. The van der Waals surface area contributed by atoms with Gasteiger partial charge in [0.2, 0.25) is 0 Å². The molecule has 0 atom stereocenters. The largest absolute Gasteiger partial charge is 0.435 e. The molecule has 2 heteroatoms. The molecule has 0 aromatic heterocycles. The van der Waals surface area contributed by atoms with Gasteiger partial charge in [-0.1, -0.05) is 122 Å². The molecule has 0 fully saturated rings. The SMILES string of the molecule is CCCCCCCCCCCCCCCCCCCC=CC=COC(C)=O. The molecule has 0 heterocycles. The van der Waals surface area contributed by atoms with Gasteiger partial charge in [0, 0.05) is 6.92 Å². The minimum atomic E-state index is -0.271. The van der Waals surface area contributed by atoms with Gasteiger partial charge in [0.1, 0.15) is 0 Å². The summed E-state index contributed by atoms with van der Waals surface area (Å²) in [6.07, 6.45) is 32.5. The minimum Gasteiger partial charge on any atom is -0.435 e. The van der Waals surface area contributed by atoms with Crippen molar-refractivity contribution < 1.29 is 9.53 Å². The van der Waals surface area contributed by atoms with Crippen LogP contribution < -0.4 is 0 Å². The Labute approximate surface area is 169 Å². The van der Waals surface area contributed by atoms with Crippen molar-refractivity contribution in [1.29, 1.82) is 0 Å². The van der Waals surface area contributed by atoms with Crippen molar-refractivity contribution in [1.82, 2.24) is 0 Å². The third-order valence-corrected chi connectivity index (χ3v) is 5.03. The molecular formula is C25H46O2. The highest BCUT2D eigenvalue weighted by Crippen LogP contribution is 2.14. The van der Waals surface area contributed by atoms with Crippen molar-refractivity contribution >= 4 is 5.97 Å². The molecule has 0 aliphatic rings. The number of hydrogen-bond donors (Lipinski definition) is 0. The Morgan fingerprint density at radius 3 is 1.44 bits per heavy atom. The van der Waals surface area contributed by atoms with E-state index in [9.17, 15) is 4.79 Å². The fourth-order valence-electron chi connectivity index (χ4n) is 3.34. The Balaban J connectivity index is 3.10. The lowest BCUT2D eigenvalue weighted by atomic mass is 10.0. The van der Waals surface area contributed by atoms with Crippen LogP contribution in [-0.2, 0) is 9.53 Å². The number of rotatable bonds is 20. The molecule has 27 heavy (non-hydrogen) atoms. The summed E-state index contributed by atoms with van der Waals surface area (Å²) in [6.45, 7) is 3.70. The Morgan fingerprint density at radius 1 is 0.630 bits per heavy atom. The molecule has 0 rings (SSSR count). The van der Waals surface area contributed by atoms with Crippen molar-refractivity contribution in [3.8, 4) is 0 Å². The van der Waals surface area contributed by atoms with E-state index in [1.807, 2.05) is 6.08 Å². The number of carbonyl (C=O) groups is 1. The molecule has 0 unspecified atom stereocenters. The van der Waals surface area contributed by atoms with Gasteiger partial charge in [-0.3, -0.25) is 4.79 Å². The smallest absolute Gasteiger partial charge is 0.307 e. The quantitative estimate of drug-likeness (QED) is 0.0916. The Morgan fingerprint density at radius 2 is 1.04 bits per heavy atom. The highest BCUT2D eigenvalue weighted by atomic mass is 16.5. The van der Waals surface area contributed by atoms with Crippen LogP contribution in [0.15, 0.2) is 24.5 Å². The summed E-state index contributed by atoms with van der Waals surface area (Å²) in [5, 5.41) is 0. The van der Waals surface area contributed by atoms with Crippen molar-refractivity contribution in [2.75, 3.05) is 0 Å². The fourth-order valence-corrected chi connectivity index (χ4v) is 3.34. The predicted molar refractivity (Wildman–Crippen MR) is 119 cm³/mol. The first-order valence-electron chi connectivity index (χ1n) is 11.8. The Kier molecular flexibility index (Phi) is 22.1. The molecule has 0 N–H and O–H groups in total. The van der Waals surface area contributed by atoms with E-state index >= 15 is 0 Å². The zero-order valence-corrected chi connectivity index (χ0v) is 18.4. The van der Waals surface area contributed by atoms with Gasteiger partial charge in [-0.25, -0.2) is 0 Å². The first-order valence-corrected chi connectivity index (χ1v) is 11.8. The molecule has 0 spiro atoms. The highest BCUT2D eigenvalue weighted by Gasteiger charge is 1.94. The van der Waals surface area contributed by atoms with Gasteiger partial charge >= 0.3 is 5.97 Å². The van der Waals surface area contributed by atoms with Crippen LogP contribution in [0.25, 0.3) is 0 Å². The molecule has 0 saturated heterocycles. The first kappa shape index (κ1) is 26.0. The van der Waals surface area contributed by atoms with Crippen molar-refractivity contribution in [3.63, 3.8) is 0 Å². The van der Waals surface area contributed by atoms with Crippen molar-refractivity contribution in [2.24, 2.45) is 0 Å². The van der Waals surface area contributed by atoms with E-state index in [2.05, 4.69) is 13.0 Å². The third kappa shape index (κ3) is 24.9. The standard InChI is InChI=1S/C25H46O2/c1-3-4-5-6-7-8-9-10-11-12-13-14-15-16-17-18-19-20-21-22-23-24-27-25(2)26/h21-24H,3-20H2,1-2H3. The molecule has 0 radical (unpaired) electrons. The average Bonchev–Trinajstić information content (AvgIpc) is 2.65. The number of hydrogen-bond acceptors (Lipinski definition) is 2. The molecule has 2 nitrogen and oxygen atoms in total. The summed E-state index contributed by atoms with van der Waals surface area (Å²) in [6, 6.07) is 0. The lowest BCUT2D eigenvalue weighted by molar-refractivity contribution is -0.135. The lowest BCUT2D eigenvalue weighted by Crippen LogP contribution is -1.88. The molecule has 0 aromatic rings. The minimum absolute atomic E-state index is 0.271. The molecule has 158 valence electrons. The normalized spacial score (nSPS) is 11.6. The fraction of sp³-hybridized carbons (Fsp3) is 0.800.